The predicted molar refractivity (Wildman–Crippen MR) is 128 cm³/mol. The van der Waals surface area contributed by atoms with Crippen LogP contribution in [0.1, 0.15) is 22.3 Å². The quantitative estimate of drug-likeness (QED) is 0.565. The molecule has 0 bridgehead atoms. The Balaban J connectivity index is 1.74. The first-order chi connectivity index (χ1) is 15.7. The Bertz CT molecular complexity index is 1440. The zero-order valence-electron chi connectivity index (χ0n) is 18.1. The summed E-state index contributed by atoms with van der Waals surface area (Å²) in [5.74, 6) is -2.07. The number of aryl methyl sites for hydroxylation is 2. The van der Waals surface area contributed by atoms with Gasteiger partial charge in [0.05, 0.1) is 12.2 Å². The van der Waals surface area contributed by atoms with Crippen LogP contribution in [0.5, 0.6) is 0 Å². The number of rotatable bonds is 3. The molecule has 0 N–H and O–H groups in total. The molecule has 6 nitrogen and oxygen atoms in total. The minimum absolute atomic E-state index is 0.186. The monoisotopic (exact) mass is 480 g/mol. The fraction of sp³-hybridized carbons (Fsp3) is 0.200. The maximum Gasteiger partial charge on any atom is 0.274 e. The minimum atomic E-state index is -4.21. The van der Waals surface area contributed by atoms with Crippen LogP contribution in [0, 0.1) is 13.8 Å². The van der Waals surface area contributed by atoms with Crippen molar-refractivity contribution >= 4 is 44.6 Å². The Morgan fingerprint density at radius 1 is 0.970 bits per heavy atom. The van der Waals surface area contributed by atoms with E-state index in [1.54, 1.807) is 36.4 Å². The predicted octanol–water partition coefficient (Wildman–Crippen LogP) is 4.12. The van der Waals surface area contributed by atoms with Crippen LogP contribution in [-0.2, 0) is 30.8 Å². The van der Waals surface area contributed by atoms with E-state index < -0.39 is 32.3 Å². The van der Waals surface area contributed by atoms with E-state index in [9.17, 15) is 18.0 Å². The van der Waals surface area contributed by atoms with Crippen molar-refractivity contribution in [3.05, 3.63) is 94.0 Å². The Labute approximate surface area is 197 Å². The van der Waals surface area contributed by atoms with Crippen LogP contribution in [0.2, 0.25) is 5.02 Å². The van der Waals surface area contributed by atoms with Gasteiger partial charge in [0.25, 0.3) is 10.8 Å². The summed E-state index contributed by atoms with van der Waals surface area (Å²) in [5, 5.41) is 0.384. The molecular weight excluding hydrogens is 460 g/mol. The molecule has 33 heavy (non-hydrogen) atoms. The molecule has 0 saturated carbocycles. The molecule has 1 fully saturated rings. The first kappa shape index (κ1) is 21.7. The van der Waals surface area contributed by atoms with Gasteiger partial charge < -0.3 is 4.90 Å². The second-order valence-electron chi connectivity index (χ2n) is 8.46. The summed E-state index contributed by atoms with van der Waals surface area (Å²) in [6.07, 6.45) is 0. The van der Waals surface area contributed by atoms with Gasteiger partial charge in [0.1, 0.15) is 5.75 Å². The number of hydrogen-bond donors (Lipinski definition) is 0. The van der Waals surface area contributed by atoms with Crippen molar-refractivity contribution in [1.82, 2.24) is 0 Å². The van der Waals surface area contributed by atoms with Crippen molar-refractivity contribution in [1.29, 1.82) is 0 Å². The second-order valence-corrected chi connectivity index (χ2v) is 11.0. The topological polar surface area (TPSA) is 74.8 Å². The molecule has 2 aliphatic heterocycles. The number of sulfone groups is 1. The van der Waals surface area contributed by atoms with Gasteiger partial charge in [-0.2, -0.15) is 0 Å². The first-order valence-electron chi connectivity index (χ1n) is 10.5. The van der Waals surface area contributed by atoms with Crippen LogP contribution in [0.25, 0.3) is 0 Å². The third-order valence-corrected chi connectivity index (χ3v) is 8.77. The highest BCUT2D eigenvalue weighted by molar-refractivity contribution is 7.94. The number of carbonyl (C=O) groups excluding carboxylic acids is 2. The molecule has 8 heteroatoms. The van der Waals surface area contributed by atoms with E-state index in [0.29, 0.717) is 10.7 Å². The Kier molecular flexibility index (Phi) is 4.88. The molecule has 1 saturated heterocycles. The summed E-state index contributed by atoms with van der Waals surface area (Å²) in [5.41, 5.74) is 3.71. The van der Waals surface area contributed by atoms with Gasteiger partial charge >= 0.3 is 0 Å². The molecule has 0 aromatic heterocycles. The molecule has 168 valence electrons. The Morgan fingerprint density at radius 2 is 1.73 bits per heavy atom. The van der Waals surface area contributed by atoms with Gasteiger partial charge in [-0.15, -0.1) is 0 Å². The molecule has 2 heterocycles. The average molecular weight is 481 g/mol. The zero-order chi connectivity index (χ0) is 23.5. The molecule has 1 atom stereocenters. The van der Waals surface area contributed by atoms with E-state index in [1.807, 2.05) is 38.1 Å². The number of para-hydroxylation sites is 1. The van der Waals surface area contributed by atoms with E-state index in [2.05, 4.69) is 0 Å². The lowest BCUT2D eigenvalue weighted by Crippen LogP contribution is -2.54. The van der Waals surface area contributed by atoms with Crippen molar-refractivity contribution in [3.63, 3.8) is 0 Å². The lowest BCUT2D eigenvalue weighted by atomic mass is 10.0. The Morgan fingerprint density at radius 3 is 2.45 bits per heavy atom. The highest BCUT2D eigenvalue weighted by atomic mass is 35.5. The summed E-state index contributed by atoms with van der Waals surface area (Å²) in [6.45, 7) is 3.95. The van der Waals surface area contributed by atoms with Gasteiger partial charge in [0, 0.05) is 16.3 Å². The summed E-state index contributed by atoms with van der Waals surface area (Å²) in [6, 6.07) is 19.3. The van der Waals surface area contributed by atoms with E-state index in [-0.39, 0.29) is 17.8 Å². The minimum Gasteiger partial charge on any atom is -0.304 e. The molecule has 0 aliphatic carbocycles. The molecular formula is C25H21ClN2O4S. The molecule has 1 unspecified atom stereocenters. The van der Waals surface area contributed by atoms with E-state index in [0.717, 1.165) is 21.6 Å². The first-order valence-corrected chi connectivity index (χ1v) is 12.5. The number of amides is 2. The van der Waals surface area contributed by atoms with Crippen molar-refractivity contribution in [3.8, 4) is 0 Å². The number of nitrogens with zero attached hydrogens (tertiary/aromatic N) is 2. The van der Waals surface area contributed by atoms with Gasteiger partial charge in [-0.25, -0.2) is 8.42 Å². The fourth-order valence-corrected chi connectivity index (χ4v) is 6.97. The number of benzene rings is 3. The summed E-state index contributed by atoms with van der Waals surface area (Å²) in [7, 11) is -4.21. The van der Waals surface area contributed by atoms with Crippen molar-refractivity contribution in [2.24, 2.45) is 0 Å². The summed E-state index contributed by atoms with van der Waals surface area (Å²) in [4.78, 5) is 27.7. The van der Waals surface area contributed by atoms with E-state index in [4.69, 9.17) is 11.6 Å². The number of halogens is 1. The standard InChI is InChI=1S/C25H21ClN2O4S/c1-16-6-5-7-18(12-16)14-27-22-9-4-3-8-20(22)25(24(27)30)28(23(29)15-33(25,31)32)19-11-10-17(2)21(26)13-19/h3-13H,14-15H2,1-2H3. The average Bonchev–Trinajstić information content (AvgIpc) is 3.13. The van der Waals surface area contributed by atoms with E-state index >= 15 is 0 Å². The highest BCUT2D eigenvalue weighted by Crippen LogP contribution is 2.53. The highest BCUT2D eigenvalue weighted by Gasteiger charge is 2.69. The Hall–Kier alpha value is -3.16. The van der Waals surface area contributed by atoms with Crippen LogP contribution < -0.4 is 9.80 Å². The summed E-state index contributed by atoms with van der Waals surface area (Å²) < 4.78 is 27.2. The van der Waals surface area contributed by atoms with Crippen LogP contribution in [0.4, 0.5) is 11.4 Å². The summed E-state index contributed by atoms with van der Waals surface area (Å²) >= 11 is 6.31. The molecule has 2 aliphatic rings. The largest absolute Gasteiger partial charge is 0.304 e. The number of hydrogen-bond acceptors (Lipinski definition) is 4. The zero-order valence-corrected chi connectivity index (χ0v) is 19.7. The van der Waals surface area contributed by atoms with Gasteiger partial charge in [-0.1, -0.05) is 65.7 Å². The SMILES string of the molecule is Cc1cccc(CN2C(=O)C3(c4ccccc42)N(c2ccc(C)c(Cl)c2)C(=O)CS3(=O)=O)c1. The van der Waals surface area contributed by atoms with Gasteiger partial charge in [-0.05, 0) is 43.2 Å². The van der Waals surface area contributed by atoms with Crippen molar-refractivity contribution in [2.45, 2.75) is 25.3 Å². The van der Waals surface area contributed by atoms with Crippen LogP contribution in [-0.4, -0.2) is 26.0 Å². The number of fused-ring (bicyclic) bond motifs is 2. The third kappa shape index (κ3) is 3.03. The lowest BCUT2D eigenvalue weighted by Gasteiger charge is -2.32. The third-order valence-electron chi connectivity index (χ3n) is 6.26. The van der Waals surface area contributed by atoms with Gasteiger partial charge in [-0.3, -0.25) is 14.5 Å². The smallest absolute Gasteiger partial charge is 0.274 e. The molecule has 0 radical (unpaired) electrons. The maximum absolute atomic E-state index is 14.1. The fourth-order valence-electron chi connectivity index (χ4n) is 4.76. The molecule has 5 rings (SSSR count). The maximum atomic E-state index is 14.1. The van der Waals surface area contributed by atoms with Gasteiger partial charge in [0.2, 0.25) is 5.91 Å². The van der Waals surface area contributed by atoms with E-state index in [1.165, 1.54) is 11.0 Å². The lowest BCUT2D eigenvalue weighted by molar-refractivity contribution is -0.123. The van der Waals surface area contributed by atoms with Crippen molar-refractivity contribution in [2.75, 3.05) is 15.6 Å². The molecule has 2 amide bonds. The van der Waals surface area contributed by atoms with Gasteiger partial charge in [0.15, 0.2) is 9.84 Å². The number of carbonyl (C=O) groups is 2. The number of anilines is 2. The second kappa shape index (κ2) is 7.43. The molecule has 3 aromatic rings. The van der Waals surface area contributed by atoms with Crippen LogP contribution >= 0.6 is 11.6 Å². The van der Waals surface area contributed by atoms with Crippen LogP contribution in [0.3, 0.4) is 0 Å². The van der Waals surface area contributed by atoms with Crippen LogP contribution in [0.15, 0.2) is 66.7 Å². The van der Waals surface area contributed by atoms with Crippen molar-refractivity contribution < 1.29 is 18.0 Å². The molecule has 1 spiro atoms. The molecule has 3 aromatic carbocycles. The normalized spacial score (nSPS) is 21.2.